The summed E-state index contributed by atoms with van der Waals surface area (Å²) in [6.07, 6.45) is 6.01. The van der Waals surface area contributed by atoms with Crippen LogP contribution in [0.3, 0.4) is 0 Å². The molecule has 2 aromatic heterocycles. The van der Waals surface area contributed by atoms with Gasteiger partial charge in [-0.15, -0.1) is 0 Å². The van der Waals surface area contributed by atoms with Gasteiger partial charge >= 0.3 is 0 Å². The highest BCUT2D eigenvalue weighted by atomic mass is 15.2. The lowest BCUT2D eigenvalue weighted by Gasteiger charge is -2.18. The molecule has 102 valence electrons. The number of hydrogen-bond donors (Lipinski definition) is 1. The topological polar surface area (TPSA) is 77.7 Å². The predicted octanol–water partition coefficient (Wildman–Crippen LogP) is 1.49. The van der Waals surface area contributed by atoms with E-state index in [1.165, 1.54) is 11.9 Å². The molecule has 0 aromatic carbocycles. The number of likely N-dealkylation sites (N-methyl/N-ethyl adjacent to an activating group) is 1. The highest BCUT2D eigenvalue weighted by Gasteiger charge is 2.04. The minimum Gasteiger partial charge on any atom is -0.359 e. The average Bonchev–Trinajstić information content (AvgIpc) is 2.52. The van der Waals surface area contributed by atoms with Crippen molar-refractivity contribution in [2.45, 2.75) is 6.42 Å². The van der Waals surface area contributed by atoms with Crippen LogP contribution in [0.1, 0.15) is 5.56 Å². The van der Waals surface area contributed by atoms with E-state index in [4.69, 9.17) is 5.26 Å². The summed E-state index contributed by atoms with van der Waals surface area (Å²) >= 11 is 0. The normalized spacial score (nSPS) is 9.80. The first-order valence-corrected chi connectivity index (χ1v) is 6.32. The molecule has 0 saturated carbocycles. The largest absolute Gasteiger partial charge is 0.359 e. The SMILES string of the molecule is CN(CCc1ccncc1)c1cc(NCC#N)ncn1. The van der Waals surface area contributed by atoms with E-state index in [2.05, 4.69) is 25.2 Å². The second kappa shape index (κ2) is 7.04. The van der Waals surface area contributed by atoms with Crippen LogP contribution in [0.4, 0.5) is 11.6 Å². The molecule has 2 aromatic rings. The van der Waals surface area contributed by atoms with Crippen LogP contribution >= 0.6 is 0 Å². The third-order valence-electron chi connectivity index (χ3n) is 2.88. The number of rotatable bonds is 6. The van der Waals surface area contributed by atoms with Crippen molar-refractivity contribution in [2.75, 3.05) is 30.4 Å². The zero-order chi connectivity index (χ0) is 14.2. The molecule has 0 fully saturated rings. The lowest BCUT2D eigenvalue weighted by atomic mass is 10.2. The lowest BCUT2D eigenvalue weighted by Crippen LogP contribution is -2.21. The summed E-state index contributed by atoms with van der Waals surface area (Å²) < 4.78 is 0. The van der Waals surface area contributed by atoms with E-state index in [0.717, 1.165) is 18.8 Å². The van der Waals surface area contributed by atoms with Crippen LogP contribution in [-0.4, -0.2) is 35.1 Å². The molecule has 0 atom stereocenters. The fourth-order valence-electron chi connectivity index (χ4n) is 1.74. The summed E-state index contributed by atoms with van der Waals surface area (Å²) in [5.74, 6) is 1.49. The van der Waals surface area contributed by atoms with Gasteiger partial charge in [0.15, 0.2) is 0 Å². The first-order chi connectivity index (χ1) is 9.79. The van der Waals surface area contributed by atoms with E-state index < -0.39 is 0 Å². The van der Waals surface area contributed by atoms with Crippen LogP contribution in [0.2, 0.25) is 0 Å². The predicted molar refractivity (Wildman–Crippen MR) is 77.3 cm³/mol. The van der Waals surface area contributed by atoms with Crippen molar-refractivity contribution >= 4 is 11.6 Å². The number of hydrogen-bond acceptors (Lipinski definition) is 6. The Balaban J connectivity index is 1.95. The number of pyridine rings is 1. The van der Waals surface area contributed by atoms with Crippen LogP contribution in [0.25, 0.3) is 0 Å². The van der Waals surface area contributed by atoms with E-state index in [9.17, 15) is 0 Å². The van der Waals surface area contributed by atoms with Crippen molar-refractivity contribution in [3.63, 3.8) is 0 Å². The molecule has 0 aliphatic rings. The molecule has 0 saturated heterocycles. The fraction of sp³-hybridized carbons (Fsp3) is 0.286. The minimum atomic E-state index is 0.233. The molecule has 0 aliphatic carbocycles. The van der Waals surface area contributed by atoms with E-state index in [0.29, 0.717) is 5.82 Å². The van der Waals surface area contributed by atoms with Crippen molar-refractivity contribution in [3.05, 3.63) is 42.5 Å². The molecular formula is C14H16N6. The van der Waals surface area contributed by atoms with Crippen molar-refractivity contribution in [1.29, 1.82) is 5.26 Å². The Labute approximate surface area is 118 Å². The van der Waals surface area contributed by atoms with Crippen molar-refractivity contribution in [1.82, 2.24) is 15.0 Å². The monoisotopic (exact) mass is 268 g/mol. The van der Waals surface area contributed by atoms with E-state index >= 15 is 0 Å². The van der Waals surface area contributed by atoms with Gasteiger partial charge in [0.05, 0.1) is 6.07 Å². The first-order valence-electron chi connectivity index (χ1n) is 6.32. The average molecular weight is 268 g/mol. The molecule has 2 heterocycles. The van der Waals surface area contributed by atoms with Gasteiger partial charge in [0.2, 0.25) is 0 Å². The fourth-order valence-corrected chi connectivity index (χ4v) is 1.74. The Hall–Kier alpha value is -2.68. The summed E-state index contributed by atoms with van der Waals surface area (Å²) in [7, 11) is 1.98. The summed E-state index contributed by atoms with van der Waals surface area (Å²) in [5.41, 5.74) is 1.24. The Morgan fingerprint density at radius 1 is 1.30 bits per heavy atom. The molecule has 6 nitrogen and oxygen atoms in total. The summed E-state index contributed by atoms with van der Waals surface area (Å²) in [4.78, 5) is 14.4. The Bertz CT molecular complexity index is 578. The lowest BCUT2D eigenvalue weighted by molar-refractivity contribution is 0.854. The molecule has 0 bridgehead atoms. The third kappa shape index (κ3) is 3.92. The second-order valence-corrected chi connectivity index (χ2v) is 4.30. The van der Waals surface area contributed by atoms with Gasteiger partial charge in [-0.25, -0.2) is 9.97 Å². The second-order valence-electron chi connectivity index (χ2n) is 4.30. The van der Waals surface area contributed by atoms with E-state index in [-0.39, 0.29) is 6.54 Å². The van der Waals surface area contributed by atoms with Crippen LogP contribution in [0, 0.1) is 11.3 Å². The Kier molecular flexibility index (Phi) is 4.84. The number of nitrogens with one attached hydrogen (secondary N) is 1. The molecule has 20 heavy (non-hydrogen) atoms. The van der Waals surface area contributed by atoms with Crippen molar-refractivity contribution in [2.24, 2.45) is 0 Å². The smallest absolute Gasteiger partial charge is 0.133 e. The molecule has 0 radical (unpaired) electrons. The van der Waals surface area contributed by atoms with Crippen LogP contribution < -0.4 is 10.2 Å². The summed E-state index contributed by atoms with van der Waals surface area (Å²) in [6, 6.07) is 7.87. The number of aromatic nitrogens is 3. The highest BCUT2D eigenvalue weighted by Crippen LogP contribution is 2.13. The van der Waals surface area contributed by atoms with Gasteiger partial charge in [-0.1, -0.05) is 0 Å². The van der Waals surface area contributed by atoms with Crippen molar-refractivity contribution < 1.29 is 0 Å². The van der Waals surface area contributed by atoms with Gasteiger partial charge in [0.25, 0.3) is 0 Å². The summed E-state index contributed by atoms with van der Waals surface area (Å²) in [6.45, 7) is 1.08. The standard InChI is InChI=1S/C14H16N6/c1-20(9-4-12-2-6-16-7-3-12)14-10-13(17-8-5-15)18-11-19-14/h2-3,6-7,10-11H,4,8-9H2,1H3,(H,17,18,19). The molecule has 2 rings (SSSR count). The van der Waals surface area contributed by atoms with E-state index in [1.807, 2.05) is 31.3 Å². The molecule has 6 heteroatoms. The van der Waals surface area contributed by atoms with Gasteiger partial charge in [0, 0.05) is 32.1 Å². The number of anilines is 2. The molecule has 0 unspecified atom stereocenters. The van der Waals surface area contributed by atoms with E-state index in [1.54, 1.807) is 12.4 Å². The molecule has 1 N–H and O–H groups in total. The Morgan fingerprint density at radius 2 is 2.10 bits per heavy atom. The Morgan fingerprint density at radius 3 is 2.85 bits per heavy atom. The van der Waals surface area contributed by atoms with Gasteiger partial charge in [-0.05, 0) is 24.1 Å². The van der Waals surface area contributed by atoms with Crippen LogP contribution in [0.15, 0.2) is 36.9 Å². The van der Waals surface area contributed by atoms with Crippen LogP contribution in [-0.2, 0) is 6.42 Å². The molecular weight excluding hydrogens is 252 g/mol. The maximum absolute atomic E-state index is 8.54. The minimum absolute atomic E-state index is 0.233. The van der Waals surface area contributed by atoms with Crippen LogP contribution in [0.5, 0.6) is 0 Å². The van der Waals surface area contributed by atoms with Gasteiger partial charge < -0.3 is 10.2 Å². The quantitative estimate of drug-likeness (QED) is 0.800. The van der Waals surface area contributed by atoms with Gasteiger partial charge in [-0.2, -0.15) is 5.26 Å². The maximum Gasteiger partial charge on any atom is 0.133 e. The van der Waals surface area contributed by atoms with Gasteiger partial charge in [-0.3, -0.25) is 4.98 Å². The van der Waals surface area contributed by atoms with Gasteiger partial charge in [0.1, 0.15) is 24.5 Å². The molecule has 0 spiro atoms. The molecule has 0 aliphatic heterocycles. The first kappa shape index (κ1) is 13.7. The zero-order valence-electron chi connectivity index (χ0n) is 11.3. The molecule has 0 amide bonds. The van der Waals surface area contributed by atoms with Crippen molar-refractivity contribution in [3.8, 4) is 6.07 Å². The number of nitriles is 1. The highest BCUT2D eigenvalue weighted by molar-refractivity contribution is 5.48. The number of nitrogens with zero attached hydrogens (tertiary/aromatic N) is 5. The summed E-state index contributed by atoms with van der Waals surface area (Å²) in [5, 5.41) is 11.5. The third-order valence-corrected chi connectivity index (χ3v) is 2.88. The zero-order valence-corrected chi connectivity index (χ0v) is 11.3. The maximum atomic E-state index is 8.54.